The quantitative estimate of drug-likeness (QED) is 0.133. The van der Waals surface area contributed by atoms with Crippen LogP contribution in [0, 0.1) is 11.3 Å². The molecule has 38 heavy (non-hydrogen) atoms. The summed E-state index contributed by atoms with van der Waals surface area (Å²) in [6, 6.07) is 7.33. The molecule has 9 heteroatoms. The van der Waals surface area contributed by atoms with Gasteiger partial charge in [0.1, 0.15) is 18.2 Å². The van der Waals surface area contributed by atoms with E-state index < -0.39 is 17.8 Å². The molecule has 0 unspecified atom stereocenters. The summed E-state index contributed by atoms with van der Waals surface area (Å²) in [7, 11) is 0. The second-order valence-electron chi connectivity index (χ2n) is 8.79. The van der Waals surface area contributed by atoms with E-state index in [2.05, 4.69) is 6.92 Å². The number of nitrogens with zero attached hydrogens (tertiary/aromatic N) is 2. The van der Waals surface area contributed by atoms with Gasteiger partial charge in [0.05, 0.1) is 33.0 Å². The van der Waals surface area contributed by atoms with Crippen molar-refractivity contribution in [3.63, 3.8) is 0 Å². The Balaban J connectivity index is 2.18. The van der Waals surface area contributed by atoms with E-state index in [1.807, 2.05) is 19.1 Å². The number of carbonyl (C=O) groups is 3. The standard InChI is InChI=1S/C29H38N2O7/c1-5-7-8-9-10-14-38-26-12-11-23(19-27(26)36-6-2)18-24-21(3)25(20-30)29(34)31(28(24)33)13-15-35-16-17-37-22(4)32/h11-12,18-19H,5-10,13-17H2,1-4H3/b24-18+. The third kappa shape index (κ3) is 9.03. The molecule has 0 aromatic heterocycles. The third-order valence-electron chi connectivity index (χ3n) is 5.90. The highest BCUT2D eigenvalue weighted by Gasteiger charge is 2.35. The number of esters is 1. The van der Waals surface area contributed by atoms with Crippen LogP contribution in [0.5, 0.6) is 11.5 Å². The molecule has 1 aromatic rings. The van der Waals surface area contributed by atoms with Crippen LogP contribution in [0.3, 0.4) is 0 Å². The summed E-state index contributed by atoms with van der Waals surface area (Å²) in [5.41, 5.74) is 1.15. The van der Waals surface area contributed by atoms with Crippen molar-refractivity contribution in [2.75, 3.05) is 39.6 Å². The van der Waals surface area contributed by atoms with Gasteiger partial charge in [0.15, 0.2) is 11.5 Å². The molecule has 0 saturated carbocycles. The van der Waals surface area contributed by atoms with Gasteiger partial charge in [0.2, 0.25) is 0 Å². The Bertz CT molecular complexity index is 1080. The fourth-order valence-electron chi connectivity index (χ4n) is 3.89. The van der Waals surface area contributed by atoms with Gasteiger partial charge >= 0.3 is 5.97 Å². The highest BCUT2D eigenvalue weighted by atomic mass is 16.6. The fourth-order valence-corrected chi connectivity index (χ4v) is 3.89. The first-order chi connectivity index (χ1) is 18.3. The lowest BCUT2D eigenvalue weighted by molar-refractivity contribution is -0.142. The number of unbranched alkanes of at least 4 members (excludes halogenated alkanes) is 4. The van der Waals surface area contributed by atoms with Crippen LogP contribution >= 0.6 is 0 Å². The first kappa shape index (κ1) is 30.6. The van der Waals surface area contributed by atoms with Gasteiger partial charge in [0.25, 0.3) is 11.8 Å². The Kier molecular flexibility index (Phi) is 13.1. The number of amides is 2. The van der Waals surface area contributed by atoms with E-state index >= 15 is 0 Å². The van der Waals surface area contributed by atoms with Gasteiger partial charge in [-0.1, -0.05) is 38.7 Å². The molecule has 0 atom stereocenters. The van der Waals surface area contributed by atoms with Gasteiger partial charge in [-0.05, 0) is 49.6 Å². The lowest BCUT2D eigenvalue weighted by Gasteiger charge is -2.27. The molecule has 2 amide bonds. The molecule has 0 radical (unpaired) electrons. The highest BCUT2D eigenvalue weighted by Crippen LogP contribution is 2.32. The molecular formula is C29H38N2O7. The van der Waals surface area contributed by atoms with Crippen LogP contribution in [0.2, 0.25) is 0 Å². The van der Waals surface area contributed by atoms with Crippen molar-refractivity contribution in [1.82, 2.24) is 4.90 Å². The normalized spacial score (nSPS) is 14.6. The van der Waals surface area contributed by atoms with Crippen LogP contribution < -0.4 is 9.47 Å². The first-order valence-electron chi connectivity index (χ1n) is 13.1. The lowest BCUT2D eigenvalue weighted by Crippen LogP contribution is -2.44. The average molecular weight is 527 g/mol. The van der Waals surface area contributed by atoms with Gasteiger partial charge in [-0.25, -0.2) is 0 Å². The maximum atomic E-state index is 13.3. The largest absolute Gasteiger partial charge is 0.490 e. The van der Waals surface area contributed by atoms with Crippen molar-refractivity contribution >= 4 is 23.9 Å². The number of carbonyl (C=O) groups excluding carboxylic acids is 3. The van der Waals surface area contributed by atoms with E-state index in [0.717, 1.165) is 17.7 Å². The number of hydrogen-bond acceptors (Lipinski definition) is 8. The van der Waals surface area contributed by atoms with E-state index in [-0.39, 0.29) is 37.5 Å². The minimum Gasteiger partial charge on any atom is -0.490 e. The first-order valence-corrected chi connectivity index (χ1v) is 13.1. The summed E-state index contributed by atoms with van der Waals surface area (Å²) in [5.74, 6) is -0.394. The molecule has 1 aliphatic rings. The van der Waals surface area contributed by atoms with Crippen LogP contribution in [0.25, 0.3) is 6.08 Å². The van der Waals surface area contributed by atoms with E-state index in [0.29, 0.717) is 35.8 Å². The zero-order valence-corrected chi connectivity index (χ0v) is 22.8. The minimum absolute atomic E-state index is 0.0389. The number of imide groups is 1. The topological polar surface area (TPSA) is 115 Å². The van der Waals surface area contributed by atoms with Crippen molar-refractivity contribution in [1.29, 1.82) is 5.26 Å². The smallest absolute Gasteiger partial charge is 0.302 e. The molecule has 9 nitrogen and oxygen atoms in total. The van der Waals surface area contributed by atoms with Gasteiger partial charge in [-0.15, -0.1) is 0 Å². The molecule has 1 heterocycles. The van der Waals surface area contributed by atoms with Crippen LogP contribution in [-0.2, 0) is 23.9 Å². The number of benzene rings is 1. The van der Waals surface area contributed by atoms with Gasteiger partial charge in [0, 0.05) is 12.5 Å². The molecular weight excluding hydrogens is 488 g/mol. The Morgan fingerprint density at radius 2 is 1.74 bits per heavy atom. The van der Waals surface area contributed by atoms with E-state index in [1.165, 1.54) is 26.2 Å². The second kappa shape index (κ2) is 16.3. The molecule has 0 aliphatic carbocycles. The second-order valence-corrected chi connectivity index (χ2v) is 8.79. The van der Waals surface area contributed by atoms with Crippen molar-refractivity contribution in [2.24, 2.45) is 0 Å². The molecule has 0 saturated heterocycles. The molecule has 0 N–H and O–H groups in total. The molecule has 0 fully saturated rings. The predicted molar refractivity (Wildman–Crippen MR) is 142 cm³/mol. The van der Waals surface area contributed by atoms with Gasteiger partial charge in [-0.3, -0.25) is 19.3 Å². The maximum absolute atomic E-state index is 13.3. The Hall–Kier alpha value is -3.64. The van der Waals surface area contributed by atoms with E-state index in [4.69, 9.17) is 18.9 Å². The highest BCUT2D eigenvalue weighted by molar-refractivity contribution is 6.19. The van der Waals surface area contributed by atoms with Crippen molar-refractivity contribution < 1.29 is 33.3 Å². The van der Waals surface area contributed by atoms with Gasteiger partial charge < -0.3 is 18.9 Å². The Labute approximate surface area is 225 Å². The summed E-state index contributed by atoms with van der Waals surface area (Å²) < 4.78 is 21.9. The number of nitriles is 1. The third-order valence-corrected chi connectivity index (χ3v) is 5.90. The monoisotopic (exact) mass is 526 g/mol. The Morgan fingerprint density at radius 3 is 2.42 bits per heavy atom. The zero-order valence-electron chi connectivity index (χ0n) is 22.8. The maximum Gasteiger partial charge on any atom is 0.302 e. The Morgan fingerprint density at radius 1 is 0.974 bits per heavy atom. The van der Waals surface area contributed by atoms with Gasteiger partial charge in [-0.2, -0.15) is 5.26 Å². The number of hydrogen-bond donors (Lipinski definition) is 0. The van der Waals surface area contributed by atoms with Crippen LogP contribution in [-0.4, -0.2) is 62.3 Å². The van der Waals surface area contributed by atoms with E-state index in [9.17, 15) is 19.6 Å². The summed E-state index contributed by atoms with van der Waals surface area (Å²) in [6.45, 7) is 8.20. The van der Waals surface area contributed by atoms with Crippen molar-refractivity contribution in [2.45, 2.75) is 59.8 Å². The minimum atomic E-state index is -0.659. The van der Waals surface area contributed by atoms with Crippen LogP contribution in [0.1, 0.15) is 65.4 Å². The number of ether oxygens (including phenoxy) is 4. The van der Waals surface area contributed by atoms with Crippen LogP contribution in [0.15, 0.2) is 34.9 Å². The molecule has 1 aliphatic heterocycles. The fraction of sp³-hybridized carbons (Fsp3) is 0.517. The van der Waals surface area contributed by atoms with E-state index in [1.54, 1.807) is 25.1 Å². The zero-order chi connectivity index (χ0) is 27.9. The lowest BCUT2D eigenvalue weighted by atomic mass is 9.93. The SMILES string of the molecule is CCCCCCCOc1ccc(/C=C2/C(=O)N(CCOCCOC(C)=O)C(=O)C(C#N)=C2C)cc1OCC. The molecule has 0 bridgehead atoms. The number of rotatable bonds is 16. The summed E-state index contributed by atoms with van der Waals surface area (Å²) in [6.07, 6.45) is 7.33. The molecule has 0 spiro atoms. The molecule has 1 aromatic carbocycles. The summed E-state index contributed by atoms with van der Waals surface area (Å²) >= 11 is 0. The summed E-state index contributed by atoms with van der Waals surface area (Å²) in [4.78, 5) is 37.9. The van der Waals surface area contributed by atoms with Crippen molar-refractivity contribution in [3.8, 4) is 17.6 Å². The average Bonchev–Trinajstić information content (AvgIpc) is 2.89. The molecule has 206 valence electrons. The summed E-state index contributed by atoms with van der Waals surface area (Å²) in [5, 5.41) is 9.60. The predicted octanol–water partition coefficient (Wildman–Crippen LogP) is 4.61. The van der Waals surface area contributed by atoms with Crippen LogP contribution in [0.4, 0.5) is 0 Å². The van der Waals surface area contributed by atoms with Crippen molar-refractivity contribution in [3.05, 3.63) is 40.5 Å². The molecule has 2 rings (SSSR count).